The molecule has 3 aromatic rings. The van der Waals surface area contributed by atoms with Gasteiger partial charge < -0.3 is 24.8 Å². The number of nitrogens with zero attached hydrogens (tertiary/aromatic N) is 4. The topological polar surface area (TPSA) is 101 Å². The zero-order valence-electron chi connectivity index (χ0n) is 19.9. The van der Waals surface area contributed by atoms with E-state index >= 15 is 0 Å². The highest BCUT2D eigenvalue weighted by Crippen LogP contribution is 2.22. The van der Waals surface area contributed by atoms with Gasteiger partial charge in [0.25, 0.3) is 5.91 Å². The van der Waals surface area contributed by atoms with Crippen molar-refractivity contribution < 1.29 is 14.3 Å². The first-order valence-electron chi connectivity index (χ1n) is 11.7. The number of rotatable bonds is 9. The second-order valence-corrected chi connectivity index (χ2v) is 9.07. The van der Waals surface area contributed by atoms with E-state index in [1.165, 1.54) is 11.8 Å². The third kappa shape index (κ3) is 6.40. The lowest BCUT2D eigenvalue weighted by molar-refractivity contribution is -0.113. The molecule has 9 nitrogen and oxygen atoms in total. The van der Waals surface area contributed by atoms with Crippen LogP contribution in [0.1, 0.15) is 36.1 Å². The molecular weight excluding hydrogens is 464 g/mol. The number of amides is 2. The number of ether oxygens (including phenoxy) is 1. The van der Waals surface area contributed by atoms with E-state index in [9.17, 15) is 9.59 Å². The number of hydrogen-bond acceptors (Lipinski definition) is 7. The monoisotopic (exact) mass is 494 g/mol. The standard InChI is InChI=1S/C25H30N6O3S/c1-3-31-23(18(2)26-24(33)19-7-5-4-6-8-19)28-29-25(31)35-17-22(32)27-20-9-11-21(12-10-20)30-13-15-34-16-14-30/h4-12,18H,3,13-17H2,1-2H3,(H,26,33)(H,27,32)/t18-/m1/s1. The second kappa shape index (κ2) is 11.9. The van der Waals surface area contributed by atoms with Crippen LogP contribution in [0, 0.1) is 0 Å². The van der Waals surface area contributed by atoms with Crippen molar-refractivity contribution in [2.45, 2.75) is 31.6 Å². The Hall–Kier alpha value is -3.37. The molecule has 35 heavy (non-hydrogen) atoms. The van der Waals surface area contributed by atoms with Crippen LogP contribution in [0.3, 0.4) is 0 Å². The Labute approximate surface area is 209 Å². The molecule has 0 aliphatic carbocycles. The van der Waals surface area contributed by atoms with Gasteiger partial charge in [0.15, 0.2) is 11.0 Å². The van der Waals surface area contributed by atoms with E-state index in [-0.39, 0.29) is 23.6 Å². The van der Waals surface area contributed by atoms with E-state index in [1.807, 2.05) is 60.9 Å². The number of anilines is 2. The zero-order valence-corrected chi connectivity index (χ0v) is 20.8. The lowest BCUT2D eigenvalue weighted by Gasteiger charge is -2.28. The molecule has 1 saturated heterocycles. The number of nitrogens with one attached hydrogen (secondary N) is 2. The molecule has 10 heteroatoms. The minimum absolute atomic E-state index is 0.119. The minimum atomic E-state index is -0.330. The Bertz CT molecular complexity index is 1130. The summed E-state index contributed by atoms with van der Waals surface area (Å²) in [6, 6.07) is 16.6. The first kappa shape index (κ1) is 24.7. The van der Waals surface area contributed by atoms with Crippen LogP contribution in [0.15, 0.2) is 59.8 Å². The van der Waals surface area contributed by atoms with Crippen LogP contribution in [0.2, 0.25) is 0 Å². The van der Waals surface area contributed by atoms with Crippen LogP contribution in [-0.4, -0.2) is 58.6 Å². The van der Waals surface area contributed by atoms with Crippen LogP contribution in [0.25, 0.3) is 0 Å². The van der Waals surface area contributed by atoms with Gasteiger partial charge in [-0.3, -0.25) is 9.59 Å². The maximum Gasteiger partial charge on any atom is 0.251 e. The Morgan fingerprint density at radius 1 is 1.06 bits per heavy atom. The van der Waals surface area contributed by atoms with Crippen molar-refractivity contribution in [1.82, 2.24) is 20.1 Å². The number of hydrogen-bond donors (Lipinski definition) is 2. The smallest absolute Gasteiger partial charge is 0.251 e. The molecular formula is C25H30N6O3S. The van der Waals surface area contributed by atoms with Crippen LogP contribution in [0.4, 0.5) is 11.4 Å². The van der Waals surface area contributed by atoms with Gasteiger partial charge >= 0.3 is 0 Å². The van der Waals surface area contributed by atoms with Gasteiger partial charge in [0, 0.05) is 36.6 Å². The Balaban J connectivity index is 1.31. The van der Waals surface area contributed by atoms with E-state index in [2.05, 4.69) is 25.7 Å². The molecule has 1 aromatic heterocycles. The molecule has 0 unspecified atom stereocenters. The fourth-order valence-corrected chi connectivity index (χ4v) is 4.67. The van der Waals surface area contributed by atoms with Crippen molar-refractivity contribution in [2.24, 2.45) is 0 Å². The lowest BCUT2D eigenvalue weighted by atomic mass is 10.2. The van der Waals surface area contributed by atoms with Crippen LogP contribution >= 0.6 is 11.8 Å². The summed E-state index contributed by atoms with van der Waals surface area (Å²) in [6.07, 6.45) is 0. The summed E-state index contributed by atoms with van der Waals surface area (Å²) in [5.41, 5.74) is 2.46. The summed E-state index contributed by atoms with van der Waals surface area (Å²) in [5, 5.41) is 15.1. The molecule has 4 rings (SSSR count). The molecule has 0 spiro atoms. The third-order valence-electron chi connectivity index (χ3n) is 5.69. The van der Waals surface area contributed by atoms with Crippen molar-refractivity contribution in [3.63, 3.8) is 0 Å². The first-order valence-corrected chi connectivity index (χ1v) is 12.7. The van der Waals surface area contributed by atoms with E-state index < -0.39 is 0 Å². The van der Waals surface area contributed by atoms with Crippen LogP contribution < -0.4 is 15.5 Å². The summed E-state index contributed by atoms with van der Waals surface area (Å²) in [7, 11) is 0. The fraction of sp³-hybridized carbons (Fsp3) is 0.360. The SMILES string of the molecule is CCn1c(SCC(=O)Nc2ccc(N3CCOCC3)cc2)nnc1[C@@H](C)NC(=O)c1ccccc1. The second-order valence-electron chi connectivity index (χ2n) is 8.13. The number of aromatic nitrogens is 3. The zero-order chi connectivity index (χ0) is 24.6. The maximum atomic E-state index is 12.5. The molecule has 1 aliphatic heterocycles. The fourth-order valence-electron chi connectivity index (χ4n) is 3.86. The summed E-state index contributed by atoms with van der Waals surface area (Å²) >= 11 is 1.32. The molecule has 1 fully saturated rings. The summed E-state index contributed by atoms with van der Waals surface area (Å²) < 4.78 is 7.32. The van der Waals surface area contributed by atoms with Crippen LogP contribution in [-0.2, 0) is 16.1 Å². The number of benzene rings is 2. The average molecular weight is 495 g/mol. The van der Waals surface area contributed by atoms with E-state index in [0.717, 1.165) is 37.7 Å². The molecule has 0 radical (unpaired) electrons. The molecule has 184 valence electrons. The predicted octanol–water partition coefficient (Wildman–Crippen LogP) is 3.36. The highest BCUT2D eigenvalue weighted by Gasteiger charge is 2.20. The van der Waals surface area contributed by atoms with E-state index in [1.54, 1.807) is 12.1 Å². The highest BCUT2D eigenvalue weighted by atomic mass is 32.2. The quantitative estimate of drug-likeness (QED) is 0.440. The van der Waals surface area contributed by atoms with Crippen molar-refractivity contribution >= 4 is 35.0 Å². The number of morpholine rings is 1. The molecule has 2 amide bonds. The van der Waals surface area contributed by atoms with Gasteiger partial charge in [0.2, 0.25) is 5.91 Å². The molecule has 2 aromatic carbocycles. The molecule has 2 N–H and O–H groups in total. The molecule has 1 atom stereocenters. The Kier molecular flexibility index (Phi) is 8.38. The lowest BCUT2D eigenvalue weighted by Crippen LogP contribution is -2.36. The van der Waals surface area contributed by atoms with Crippen molar-refractivity contribution in [2.75, 3.05) is 42.3 Å². The molecule has 1 aliphatic rings. The van der Waals surface area contributed by atoms with Crippen molar-refractivity contribution in [1.29, 1.82) is 0 Å². The Morgan fingerprint density at radius 2 is 1.77 bits per heavy atom. The number of carbonyl (C=O) groups is 2. The van der Waals surface area contributed by atoms with Crippen molar-refractivity contribution in [3.8, 4) is 0 Å². The van der Waals surface area contributed by atoms with E-state index in [4.69, 9.17) is 4.74 Å². The van der Waals surface area contributed by atoms with E-state index in [0.29, 0.717) is 23.1 Å². The first-order chi connectivity index (χ1) is 17.0. The summed E-state index contributed by atoms with van der Waals surface area (Å²) in [6.45, 7) is 7.70. The van der Waals surface area contributed by atoms with Gasteiger partial charge in [-0.2, -0.15) is 0 Å². The molecule has 0 bridgehead atoms. The summed E-state index contributed by atoms with van der Waals surface area (Å²) in [4.78, 5) is 27.3. The van der Waals surface area contributed by atoms with Gasteiger partial charge in [-0.1, -0.05) is 30.0 Å². The van der Waals surface area contributed by atoms with Crippen molar-refractivity contribution in [3.05, 3.63) is 66.0 Å². The molecule has 0 saturated carbocycles. The largest absolute Gasteiger partial charge is 0.378 e. The number of thioether (sulfide) groups is 1. The average Bonchev–Trinajstić information content (AvgIpc) is 3.32. The van der Waals surface area contributed by atoms with Gasteiger partial charge in [0.05, 0.1) is 25.0 Å². The molecule has 2 heterocycles. The number of carbonyl (C=O) groups excluding carboxylic acids is 2. The highest BCUT2D eigenvalue weighted by molar-refractivity contribution is 7.99. The third-order valence-corrected chi connectivity index (χ3v) is 6.66. The summed E-state index contributed by atoms with van der Waals surface area (Å²) in [5.74, 6) is 0.566. The normalized spacial score (nSPS) is 14.4. The predicted molar refractivity (Wildman–Crippen MR) is 137 cm³/mol. The van der Waals surface area contributed by atoms with Gasteiger partial charge in [0.1, 0.15) is 0 Å². The van der Waals surface area contributed by atoms with Gasteiger partial charge in [-0.05, 0) is 50.2 Å². The maximum absolute atomic E-state index is 12.5. The van der Waals surface area contributed by atoms with Gasteiger partial charge in [-0.15, -0.1) is 10.2 Å². The Morgan fingerprint density at radius 3 is 2.46 bits per heavy atom. The van der Waals surface area contributed by atoms with Crippen LogP contribution in [0.5, 0.6) is 0 Å². The minimum Gasteiger partial charge on any atom is -0.378 e. The van der Waals surface area contributed by atoms with Gasteiger partial charge in [-0.25, -0.2) is 0 Å².